The molecule has 0 spiro atoms. The van der Waals surface area contributed by atoms with E-state index >= 15 is 0 Å². The lowest BCUT2D eigenvalue weighted by Crippen LogP contribution is -2.19. The molecule has 2 aromatic carbocycles. The van der Waals surface area contributed by atoms with Gasteiger partial charge in [0.2, 0.25) is 0 Å². The van der Waals surface area contributed by atoms with Crippen LogP contribution in [0.4, 0.5) is 5.69 Å². The van der Waals surface area contributed by atoms with E-state index in [1.807, 2.05) is 31.3 Å². The number of hydrogen-bond donors (Lipinski definition) is 1. The van der Waals surface area contributed by atoms with E-state index in [0.29, 0.717) is 17.0 Å². The molecular weight excluding hydrogens is 356 g/mol. The van der Waals surface area contributed by atoms with Crippen molar-refractivity contribution < 1.29 is 4.92 Å². The molecule has 2 rings (SSSR count). The summed E-state index contributed by atoms with van der Waals surface area (Å²) in [5, 5.41) is 14.9. The van der Waals surface area contributed by atoms with E-state index in [0.717, 1.165) is 10.0 Å². The second-order valence-corrected chi connectivity index (χ2v) is 5.89. The zero-order chi connectivity index (χ0) is 15.4. The molecule has 1 atom stereocenters. The van der Waals surface area contributed by atoms with Crippen molar-refractivity contribution in [3.63, 3.8) is 0 Å². The lowest BCUT2D eigenvalue weighted by molar-refractivity contribution is -0.385. The Hall–Kier alpha value is -1.43. The zero-order valence-electron chi connectivity index (χ0n) is 11.3. The highest BCUT2D eigenvalue weighted by Crippen LogP contribution is 2.30. The van der Waals surface area contributed by atoms with E-state index in [4.69, 9.17) is 11.6 Å². The van der Waals surface area contributed by atoms with Crippen molar-refractivity contribution in [1.29, 1.82) is 0 Å². The summed E-state index contributed by atoms with van der Waals surface area (Å²) in [5.41, 5.74) is 1.85. The molecule has 1 unspecified atom stereocenters. The van der Waals surface area contributed by atoms with Gasteiger partial charge in [-0.05, 0) is 31.2 Å². The van der Waals surface area contributed by atoms with Crippen LogP contribution in [0.3, 0.4) is 0 Å². The minimum atomic E-state index is -0.348. The van der Waals surface area contributed by atoms with E-state index in [2.05, 4.69) is 21.2 Å². The predicted molar refractivity (Wildman–Crippen MR) is 87.8 cm³/mol. The molecule has 21 heavy (non-hydrogen) atoms. The lowest BCUT2D eigenvalue weighted by Gasteiger charge is -2.18. The monoisotopic (exact) mass is 368 g/mol. The number of halogens is 2. The molecule has 1 N–H and O–H groups in total. The van der Waals surface area contributed by atoms with Crippen molar-refractivity contribution in [2.45, 2.75) is 12.5 Å². The predicted octanol–water partition coefficient (Wildman–Crippen LogP) is 4.51. The molecular formula is C15H14BrClN2O2. The lowest BCUT2D eigenvalue weighted by atomic mass is 9.98. The smallest absolute Gasteiger partial charge is 0.272 e. The first-order valence-electron chi connectivity index (χ1n) is 6.37. The van der Waals surface area contributed by atoms with E-state index in [-0.39, 0.29) is 16.7 Å². The molecule has 0 bridgehead atoms. The molecule has 0 saturated carbocycles. The summed E-state index contributed by atoms with van der Waals surface area (Å²) in [6.45, 7) is 0. The van der Waals surface area contributed by atoms with Crippen LogP contribution >= 0.6 is 27.5 Å². The summed E-state index contributed by atoms with van der Waals surface area (Å²) < 4.78 is 0.882. The molecule has 0 aromatic heterocycles. The summed E-state index contributed by atoms with van der Waals surface area (Å²) >= 11 is 9.44. The van der Waals surface area contributed by atoms with Crippen LogP contribution in [-0.4, -0.2) is 12.0 Å². The fourth-order valence-electron chi connectivity index (χ4n) is 2.23. The maximum Gasteiger partial charge on any atom is 0.272 e. The Morgan fingerprint density at radius 1 is 1.33 bits per heavy atom. The first kappa shape index (κ1) is 15.9. The molecule has 0 heterocycles. The number of likely N-dealkylation sites (N-methyl/N-ethyl adjacent to an activating group) is 1. The van der Waals surface area contributed by atoms with Gasteiger partial charge in [0.25, 0.3) is 5.69 Å². The Kier molecular flexibility index (Phi) is 5.33. The third kappa shape index (κ3) is 3.81. The van der Waals surface area contributed by atoms with Gasteiger partial charge >= 0.3 is 0 Å². The standard InChI is InChI=1S/C15H14BrClN2O2/c1-18-14(12-7-6-11(17)9-13(12)16)8-10-4-2-3-5-15(10)19(20)21/h2-7,9,14,18H,8H2,1H3. The van der Waals surface area contributed by atoms with Gasteiger partial charge in [0.1, 0.15) is 0 Å². The first-order valence-corrected chi connectivity index (χ1v) is 7.54. The van der Waals surface area contributed by atoms with Gasteiger partial charge in [-0.1, -0.05) is 51.8 Å². The minimum absolute atomic E-state index is 0.0438. The van der Waals surface area contributed by atoms with Crippen molar-refractivity contribution in [1.82, 2.24) is 5.32 Å². The van der Waals surface area contributed by atoms with Gasteiger partial charge in [0.05, 0.1) is 4.92 Å². The van der Waals surface area contributed by atoms with Gasteiger partial charge in [-0.25, -0.2) is 0 Å². The van der Waals surface area contributed by atoms with Gasteiger partial charge in [0.15, 0.2) is 0 Å². The normalized spacial score (nSPS) is 12.1. The van der Waals surface area contributed by atoms with E-state index in [9.17, 15) is 10.1 Å². The number of rotatable bonds is 5. The number of hydrogen-bond acceptors (Lipinski definition) is 3. The molecule has 2 aromatic rings. The Bertz CT molecular complexity index is 664. The van der Waals surface area contributed by atoms with Gasteiger partial charge in [-0.15, -0.1) is 0 Å². The van der Waals surface area contributed by atoms with Crippen molar-refractivity contribution in [3.05, 3.63) is 73.2 Å². The molecule has 0 aliphatic heterocycles. The summed E-state index contributed by atoms with van der Waals surface area (Å²) in [6, 6.07) is 12.3. The van der Waals surface area contributed by atoms with Crippen LogP contribution < -0.4 is 5.32 Å². The van der Waals surface area contributed by atoms with Gasteiger partial charge in [0, 0.05) is 27.2 Å². The highest BCUT2D eigenvalue weighted by molar-refractivity contribution is 9.10. The van der Waals surface area contributed by atoms with E-state index < -0.39 is 0 Å². The van der Waals surface area contributed by atoms with Crippen LogP contribution in [0.15, 0.2) is 46.9 Å². The van der Waals surface area contributed by atoms with Gasteiger partial charge in [-0.2, -0.15) is 0 Å². The summed E-state index contributed by atoms with van der Waals surface area (Å²) in [4.78, 5) is 10.7. The second-order valence-electron chi connectivity index (χ2n) is 4.60. The number of nitrogens with zero attached hydrogens (tertiary/aromatic N) is 1. The number of nitro benzene ring substituents is 1. The molecule has 4 nitrogen and oxygen atoms in total. The Morgan fingerprint density at radius 2 is 2.05 bits per heavy atom. The van der Waals surface area contributed by atoms with Crippen LogP contribution in [0, 0.1) is 10.1 Å². The average molecular weight is 370 g/mol. The molecule has 0 radical (unpaired) electrons. The minimum Gasteiger partial charge on any atom is -0.313 e. The summed E-state index contributed by atoms with van der Waals surface area (Å²) in [7, 11) is 1.83. The molecule has 0 amide bonds. The summed E-state index contributed by atoms with van der Waals surface area (Å²) in [5.74, 6) is 0. The van der Waals surface area contributed by atoms with E-state index in [1.54, 1.807) is 12.1 Å². The van der Waals surface area contributed by atoms with Crippen LogP contribution in [0.1, 0.15) is 17.2 Å². The number of benzene rings is 2. The van der Waals surface area contributed by atoms with Crippen molar-refractivity contribution in [3.8, 4) is 0 Å². The van der Waals surface area contributed by atoms with Crippen LogP contribution in [0.25, 0.3) is 0 Å². The molecule has 0 aliphatic rings. The quantitative estimate of drug-likeness (QED) is 0.623. The Balaban J connectivity index is 2.34. The fraction of sp³-hybridized carbons (Fsp3) is 0.200. The van der Waals surface area contributed by atoms with Crippen molar-refractivity contribution in [2.24, 2.45) is 0 Å². The SMILES string of the molecule is CNC(Cc1ccccc1[N+](=O)[O-])c1ccc(Cl)cc1Br. The maximum atomic E-state index is 11.1. The Morgan fingerprint density at radius 3 is 2.67 bits per heavy atom. The number of nitrogens with one attached hydrogen (secondary N) is 1. The largest absolute Gasteiger partial charge is 0.313 e. The van der Waals surface area contributed by atoms with Crippen LogP contribution in [-0.2, 0) is 6.42 Å². The zero-order valence-corrected chi connectivity index (χ0v) is 13.7. The first-order chi connectivity index (χ1) is 10.0. The highest BCUT2D eigenvalue weighted by Gasteiger charge is 2.19. The van der Waals surface area contributed by atoms with Crippen LogP contribution in [0.2, 0.25) is 5.02 Å². The molecule has 6 heteroatoms. The third-order valence-electron chi connectivity index (χ3n) is 3.30. The number of nitro groups is 1. The van der Waals surface area contributed by atoms with Crippen molar-refractivity contribution in [2.75, 3.05) is 7.05 Å². The topological polar surface area (TPSA) is 55.2 Å². The molecule has 0 saturated heterocycles. The van der Waals surface area contributed by atoms with Gasteiger partial charge in [-0.3, -0.25) is 10.1 Å². The van der Waals surface area contributed by atoms with Gasteiger partial charge < -0.3 is 5.32 Å². The second kappa shape index (κ2) is 7.02. The highest BCUT2D eigenvalue weighted by atomic mass is 79.9. The molecule has 0 aliphatic carbocycles. The Labute approximate surface area is 136 Å². The molecule has 0 fully saturated rings. The third-order valence-corrected chi connectivity index (χ3v) is 4.22. The summed E-state index contributed by atoms with van der Waals surface area (Å²) in [6.07, 6.45) is 0.522. The van der Waals surface area contributed by atoms with Crippen molar-refractivity contribution >= 4 is 33.2 Å². The maximum absolute atomic E-state index is 11.1. The van der Waals surface area contributed by atoms with Crippen LogP contribution in [0.5, 0.6) is 0 Å². The average Bonchev–Trinajstić information content (AvgIpc) is 2.45. The van der Waals surface area contributed by atoms with E-state index in [1.165, 1.54) is 6.07 Å². The molecule has 110 valence electrons. The number of para-hydroxylation sites is 1. The fourth-order valence-corrected chi connectivity index (χ4v) is 3.19.